The van der Waals surface area contributed by atoms with E-state index in [4.69, 9.17) is 28.9 Å². The van der Waals surface area contributed by atoms with E-state index in [1.807, 2.05) is 0 Å². The molecule has 0 bridgehead atoms. The van der Waals surface area contributed by atoms with E-state index in [2.05, 4.69) is 5.32 Å². The van der Waals surface area contributed by atoms with Crippen LogP contribution < -0.4 is 11.1 Å². The van der Waals surface area contributed by atoms with Crippen molar-refractivity contribution in [2.24, 2.45) is 5.73 Å². The molecule has 0 saturated carbocycles. The van der Waals surface area contributed by atoms with Crippen molar-refractivity contribution in [3.8, 4) is 0 Å². The van der Waals surface area contributed by atoms with E-state index in [0.717, 1.165) is 0 Å². The van der Waals surface area contributed by atoms with Crippen LogP contribution >= 0.6 is 23.2 Å². The van der Waals surface area contributed by atoms with Crippen molar-refractivity contribution < 1.29 is 9.18 Å². The average molecular weight is 313 g/mol. The molecule has 3 nitrogen and oxygen atoms in total. The number of benzene rings is 2. The summed E-state index contributed by atoms with van der Waals surface area (Å²) < 4.78 is 13.6. The van der Waals surface area contributed by atoms with Gasteiger partial charge in [-0.2, -0.15) is 0 Å². The minimum Gasteiger partial charge on any atom is -0.380 e. The lowest BCUT2D eigenvalue weighted by atomic mass is 10.1. The van der Waals surface area contributed by atoms with E-state index in [1.54, 1.807) is 6.07 Å². The predicted octanol–water partition coefficient (Wildman–Crippen LogP) is 3.84. The molecular formula is C14H11Cl2FN2O. The molecule has 3 N–H and O–H groups in total. The van der Waals surface area contributed by atoms with Gasteiger partial charge in [0.1, 0.15) is 5.82 Å². The molecule has 0 spiro atoms. The molecule has 20 heavy (non-hydrogen) atoms. The lowest BCUT2D eigenvalue weighted by Gasteiger charge is -2.10. The van der Waals surface area contributed by atoms with E-state index < -0.39 is 5.91 Å². The molecule has 6 heteroatoms. The molecule has 0 atom stereocenters. The van der Waals surface area contributed by atoms with Crippen LogP contribution in [0.1, 0.15) is 15.9 Å². The first-order valence-electron chi connectivity index (χ1n) is 5.74. The molecular weight excluding hydrogens is 302 g/mol. The van der Waals surface area contributed by atoms with Gasteiger partial charge in [-0.1, -0.05) is 23.2 Å². The Bertz CT molecular complexity index is 662. The number of carbonyl (C=O) groups excluding carboxylic acids is 1. The summed E-state index contributed by atoms with van der Waals surface area (Å²) in [6.07, 6.45) is 0. The van der Waals surface area contributed by atoms with Gasteiger partial charge in [-0.25, -0.2) is 4.39 Å². The Morgan fingerprint density at radius 3 is 2.65 bits per heavy atom. The molecule has 2 aromatic rings. The Balaban J connectivity index is 2.20. The minimum atomic E-state index is -0.557. The van der Waals surface area contributed by atoms with Gasteiger partial charge in [0.25, 0.3) is 0 Å². The number of hydrogen-bond acceptors (Lipinski definition) is 2. The molecule has 0 radical (unpaired) electrons. The van der Waals surface area contributed by atoms with Crippen LogP contribution in [0.5, 0.6) is 0 Å². The first-order chi connectivity index (χ1) is 9.47. The van der Waals surface area contributed by atoms with Crippen LogP contribution in [-0.4, -0.2) is 5.91 Å². The summed E-state index contributed by atoms with van der Waals surface area (Å²) in [5.41, 5.74) is 6.42. The molecule has 0 heterocycles. The van der Waals surface area contributed by atoms with Gasteiger partial charge in [-0.05, 0) is 36.4 Å². The van der Waals surface area contributed by atoms with Crippen molar-refractivity contribution >= 4 is 34.8 Å². The van der Waals surface area contributed by atoms with Gasteiger partial charge in [0, 0.05) is 22.7 Å². The van der Waals surface area contributed by atoms with Crippen molar-refractivity contribution in [1.82, 2.24) is 0 Å². The van der Waals surface area contributed by atoms with Crippen LogP contribution in [0.4, 0.5) is 10.1 Å². The average Bonchev–Trinajstić information content (AvgIpc) is 2.41. The molecule has 0 aromatic heterocycles. The van der Waals surface area contributed by atoms with Crippen molar-refractivity contribution in [3.05, 3.63) is 63.4 Å². The Morgan fingerprint density at radius 1 is 1.20 bits per heavy atom. The number of nitrogens with one attached hydrogen (secondary N) is 1. The maximum atomic E-state index is 13.6. The highest BCUT2D eigenvalue weighted by atomic mass is 35.5. The highest BCUT2D eigenvalue weighted by Gasteiger charge is 2.07. The number of amides is 1. The number of nitrogens with two attached hydrogens (primary N) is 1. The standard InChI is InChI=1S/C14H11Cl2FN2O/c15-10-2-4-12(17)9(5-10)7-19-13-6-8(14(18)20)1-3-11(13)16/h1-6,19H,7H2,(H2,18,20). The largest absolute Gasteiger partial charge is 0.380 e. The first-order valence-corrected chi connectivity index (χ1v) is 6.50. The zero-order valence-corrected chi connectivity index (χ0v) is 11.8. The molecule has 0 aliphatic heterocycles. The normalized spacial score (nSPS) is 10.3. The summed E-state index contributed by atoms with van der Waals surface area (Å²) in [6.45, 7) is 0.189. The van der Waals surface area contributed by atoms with Gasteiger partial charge < -0.3 is 11.1 Å². The third-order valence-electron chi connectivity index (χ3n) is 2.73. The van der Waals surface area contributed by atoms with Crippen molar-refractivity contribution in [2.45, 2.75) is 6.54 Å². The number of carbonyl (C=O) groups is 1. The van der Waals surface area contributed by atoms with E-state index in [1.165, 1.54) is 30.3 Å². The van der Waals surface area contributed by atoms with E-state index >= 15 is 0 Å². The predicted molar refractivity (Wildman–Crippen MR) is 78.7 cm³/mol. The van der Waals surface area contributed by atoms with Crippen molar-refractivity contribution in [1.29, 1.82) is 0 Å². The quantitative estimate of drug-likeness (QED) is 0.901. The Morgan fingerprint density at radius 2 is 1.95 bits per heavy atom. The molecule has 2 aromatic carbocycles. The van der Waals surface area contributed by atoms with Gasteiger partial charge in [0.15, 0.2) is 0 Å². The molecule has 1 amide bonds. The van der Waals surface area contributed by atoms with Crippen LogP contribution in [0.15, 0.2) is 36.4 Å². The summed E-state index contributed by atoms with van der Waals surface area (Å²) in [5, 5.41) is 3.81. The Hall–Kier alpha value is -1.78. The van der Waals surface area contributed by atoms with Gasteiger partial charge in [0.05, 0.1) is 10.7 Å². The zero-order chi connectivity index (χ0) is 14.7. The fourth-order valence-corrected chi connectivity index (χ4v) is 2.06. The van der Waals surface area contributed by atoms with E-state index in [9.17, 15) is 9.18 Å². The SMILES string of the molecule is NC(=O)c1ccc(Cl)c(NCc2cc(Cl)ccc2F)c1. The smallest absolute Gasteiger partial charge is 0.248 e. The number of anilines is 1. The molecule has 104 valence electrons. The third kappa shape index (κ3) is 3.40. The molecule has 0 aliphatic rings. The maximum absolute atomic E-state index is 13.6. The molecule has 0 aliphatic carbocycles. The molecule has 2 rings (SSSR count). The molecule has 0 fully saturated rings. The monoisotopic (exact) mass is 312 g/mol. The second kappa shape index (κ2) is 6.11. The lowest BCUT2D eigenvalue weighted by Crippen LogP contribution is -2.11. The fourth-order valence-electron chi connectivity index (χ4n) is 1.68. The fraction of sp³-hybridized carbons (Fsp3) is 0.0714. The van der Waals surface area contributed by atoms with Crippen molar-refractivity contribution in [2.75, 3.05) is 5.32 Å². The summed E-state index contributed by atoms with van der Waals surface area (Å²) in [6, 6.07) is 8.89. The van der Waals surface area contributed by atoms with Crippen LogP contribution in [0.3, 0.4) is 0 Å². The lowest BCUT2D eigenvalue weighted by molar-refractivity contribution is 0.100. The zero-order valence-electron chi connectivity index (χ0n) is 10.3. The van der Waals surface area contributed by atoms with Crippen LogP contribution in [0.2, 0.25) is 10.0 Å². The summed E-state index contributed by atoms with van der Waals surface area (Å²) in [4.78, 5) is 11.1. The maximum Gasteiger partial charge on any atom is 0.248 e. The Kier molecular flexibility index (Phi) is 4.47. The van der Waals surface area contributed by atoms with Gasteiger partial charge in [-0.3, -0.25) is 4.79 Å². The van der Waals surface area contributed by atoms with E-state index in [-0.39, 0.29) is 12.4 Å². The van der Waals surface area contributed by atoms with Crippen LogP contribution in [0, 0.1) is 5.82 Å². The van der Waals surface area contributed by atoms with Gasteiger partial charge >= 0.3 is 0 Å². The first kappa shape index (κ1) is 14.6. The minimum absolute atomic E-state index is 0.189. The number of hydrogen-bond donors (Lipinski definition) is 2. The topological polar surface area (TPSA) is 55.1 Å². The second-order valence-corrected chi connectivity index (χ2v) is 4.99. The molecule has 0 unspecified atom stereocenters. The third-order valence-corrected chi connectivity index (χ3v) is 3.29. The highest BCUT2D eigenvalue weighted by molar-refractivity contribution is 6.33. The number of primary amides is 1. The molecule has 0 saturated heterocycles. The van der Waals surface area contributed by atoms with Gasteiger partial charge in [0.2, 0.25) is 5.91 Å². The highest BCUT2D eigenvalue weighted by Crippen LogP contribution is 2.24. The van der Waals surface area contributed by atoms with Crippen LogP contribution in [-0.2, 0) is 6.54 Å². The van der Waals surface area contributed by atoms with Crippen LogP contribution in [0.25, 0.3) is 0 Å². The summed E-state index contributed by atoms with van der Waals surface area (Å²) >= 11 is 11.8. The summed E-state index contributed by atoms with van der Waals surface area (Å²) in [5.74, 6) is -0.928. The number of halogens is 3. The number of rotatable bonds is 4. The van der Waals surface area contributed by atoms with E-state index in [0.29, 0.717) is 26.9 Å². The summed E-state index contributed by atoms with van der Waals surface area (Å²) in [7, 11) is 0. The van der Waals surface area contributed by atoms with Gasteiger partial charge in [-0.15, -0.1) is 0 Å². The second-order valence-electron chi connectivity index (χ2n) is 4.15. The Labute approximate surface area is 125 Å². The van der Waals surface area contributed by atoms with Crippen molar-refractivity contribution in [3.63, 3.8) is 0 Å².